The van der Waals surface area contributed by atoms with Crippen molar-refractivity contribution in [2.24, 2.45) is 0 Å². The third kappa shape index (κ3) is 3.90. The van der Waals surface area contributed by atoms with Crippen LogP contribution in [0.25, 0.3) is 0 Å². The second kappa shape index (κ2) is 6.37. The van der Waals surface area contributed by atoms with E-state index in [-0.39, 0.29) is 0 Å². The maximum absolute atomic E-state index is 10.9. The highest BCUT2D eigenvalue weighted by atomic mass is 16.3. The molecule has 0 radical (unpaired) electrons. The molecule has 1 N–H and O–H groups in total. The van der Waals surface area contributed by atoms with Crippen LogP contribution in [0.2, 0.25) is 0 Å². The highest BCUT2D eigenvalue weighted by Crippen LogP contribution is 2.26. The van der Waals surface area contributed by atoms with Crippen LogP contribution in [-0.2, 0) is 13.0 Å². The van der Waals surface area contributed by atoms with Crippen molar-refractivity contribution >= 4 is 0 Å². The van der Waals surface area contributed by atoms with Gasteiger partial charge in [-0.3, -0.25) is 9.88 Å². The van der Waals surface area contributed by atoms with Gasteiger partial charge in [0.25, 0.3) is 0 Å². The maximum atomic E-state index is 10.9. The zero-order valence-corrected chi connectivity index (χ0v) is 12.3. The molecule has 2 heterocycles. The van der Waals surface area contributed by atoms with Gasteiger partial charge < -0.3 is 5.11 Å². The first-order valence-corrected chi connectivity index (χ1v) is 7.61. The number of aliphatic hydroxyl groups is 1. The summed E-state index contributed by atoms with van der Waals surface area (Å²) in [5.41, 5.74) is 1.79. The van der Waals surface area contributed by atoms with Crippen LogP contribution >= 0.6 is 0 Å². The maximum Gasteiger partial charge on any atom is 0.0815 e. The van der Waals surface area contributed by atoms with Gasteiger partial charge in [0.05, 0.1) is 5.60 Å². The average molecular weight is 282 g/mol. The Labute approximate surface area is 126 Å². The summed E-state index contributed by atoms with van der Waals surface area (Å²) in [5.74, 6) is 0. The van der Waals surface area contributed by atoms with Crippen LogP contribution in [0.1, 0.15) is 24.0 Å². The normalized spacial score (nSPS) is 23.1. The lowest BCUT2D eigenvalue weighted by molar-refractivity contribution is -0.0327. The first kappa shape index (κ1) is 14.2. The zero-order valence-electron chi connectivity index (χ0n) is 12.3. The Morgan fingerprint density at radius 1 is 1.10 bits per heavy atom. The summed E-state index contributed by atoms with van der Waals surface area (Å²) in [6.45, 7) is 2.71. The summed E-state index contributed by atoms with van der Waals surface area (Å²) in [7, 11) is 0. The Kier molecular flexibility index (Phi) is 4.32. The first-order valence-electron chi connectivity index (χ1n) is 7.61. The molecule has 3 nitrogen and oxygen atoms in total. The van der Waals surface area contributed by atoms with Gasteiger partial charge in [-0.2, -0.15) is 0 Å². The standard InChI is InChI=1S/C18H22N2O/c21-18(12-17-8-4-10-19-13-17)9-5-11-20(15-18)14-16-6-2-1-3-7-16/h1-4,6-8,10,13,21H,5,9,11-12,14-15H2. The second-order valence-electron chi connectivity index (χ2n) is 6.06. The molecule has 1 aliphatic rings. The fourth-order valence-electron chi connectivity index (χ4n) is 3.21. The largest absolute Gasteiger partial charge is 0.388 e. The number of rotatable bonds is 4. The molecular formula is C18H22N2O. The molecular weight excluding hydrogens is 260 g/mol. The number of piperidine rings is 1. The minimum atomic E-state index is -0.629. The SMILES string of the molecule is OC1(Cc2cccnc2)CCCN(Cc2ccccc2)C1. The van der Waals surface area contributed by atoms with E-state index in [0.717, 1.165) is 38.0 Å². The van der Waals surface area contributed by atoms with E-state index in [2.05, 4.69) is 34.1 Å². The number of likely N-dealkylation sites (tertiary alicyclic amines) is 1. The molecule has 0 amide bonds. The molecule has 1 aromatic heterocycles. The van der Waals surface area contributed by atoms with E-state index in [1.807, 2.05) is 24.4 Å². The van der Waals surface area contributed by atoms with E-state index < -0.39 is 5.60 Å². The number of aromatic nitrogens is 1. The molecule has 1 unspecified atom stereocenters. The molecule has 3 heteroatoms. The van der Waals surface area contributed by atoms with Crippen LogP contribution in [-0.4, -0.2) is 33.7 Å². The topological polar surface area (TPSA) is 36.4 Å². The molecule has 1 aliphatic heterocycles. The third-order valence-corrected chi connectivity index (χ3v) is 4.14. The van der Waals surface area contributed by atoms with Crippen molar-refractivity contribution in [1.82, 2.24) is 9.88 Å². The quantitative estimate of drug-likeness (QED) is 0.936. The molecule has 110 valence electrons. The van der Waals surface area contributed by atoms with E-state index in [1.165, 1.54) is 5.56 Å². The monoisotopic (exact) mass is 282 g/mol. The Balaban J connectivity index is 1.64. The van der Waals surface area contributed by atoms with Crippen LogP contribution in [0.5, 0.6) is 0 Å². The number of hydrogen-bond acceptors (Lipinski definition) is 3. The Bertz CT molecular complexity index is 558. The highest BCUT2D eigenvalue weighted by molar-refractivity contribution is 5.16. The summed E-state index contributed by atoms with van der Waals surface area (Å²) < 4.78 is 0. The summed E-state index contributed by atoms with van der Waals surface area (Å²) in [6, 6.07) is 14.5. The lowest BCUT2D eigenvalue weighted by atomic mass is 9.87. The van der Waals surface area contributed by atoms with E-state index in [1.54, 1.807) is 6.20 Å². The molecule has 1 atom stereocenters. The number of pyridine rings is 1. The predicted octanol–water partition coefficient (Wildman–Crippen LogP) is 2.65. The van der Waals surface area contributed by atoms with Gasteiger partial charge in [-0.1, -0.05) is 36.4 Å². The first-order chi connectivity index (χ1) is 10.2. The minimum Gasteiger partial charge on any atom is -0.388 e. The van der Waals surface area contributed by atoms with Crippen molar-refractivity contribution in [2.75, 3.05) is 13.1 Å². The fourth-order valence-corrected chi connectivity index (χ4v) is 3.21. The molecule has 1 aromatic carbocycles. The summed E-state index contributed by atoms with van der Waals surface area (Å²) in [6.07, 6.45) is 6.23. The predicted molar refractivity (Wildman–Crippen MR) is 83.8 cm³/mol. The van der Waals surface area contributed by atoms with Gasteiger partial charge in [0.15, 0.2) is 0 Å². The number of nitrogens with zero attached hydrogens (tertiary/aromatic N) is 2. The van der Waals surface area contributed by atoms with Crippen molar-refractivity contribution in [3.8, 4) is 0 Å². The van der Waals surface area contributed by atoms with E-state index >= 15 is 0 Å². The highest BCUT2D eigenvalue weighted by Gasteiger charge is 2.33. The smallest absolute Gasteiger partial charge is 0.0815 e. The van der Waals surface area contributed by atoms with Gasteiger partial charge in [-0.15, -0.1) is 0 Å². The Morgan fingerprint density at radius 2 is 1.90 bits per heavy atom. The summed E-state index contributed by atoms with van der Waals surface area (Å²) in [4.78, 5) is 6.50. The lowest BCUT2D eigenvalue weighted by Gasteiger charge is -2.39. The van der Waals surface area contributed by atoms with E-state index in [0.29, 0.717) is 6.42 Å². The molecule has 0 bridgehead atoms. The van der Waals surface area contributed by atoms with Crippen LogP contribution in [0.4, 0.5) is 0 Å². The molecule has 1 saturated heterocycles. The fraction of sp³-hybridized carbons (Fsp3) is 0.389. The van der Waals surface area contributed by atoms with Crippen LogP contribution in [0, 0.1) is 0 Å². The van der Waals surface area contributed by atoms with Crippen molar-refractivity contribution in [3.63, 3.8) is 0 Å². The number of benzene rings is 1. The second-order valence-corrected chi connectivity index (χ2v) is 6.06. The number of hydrogen-bond donors (Lipinski definition) is 1. The van der Waals surface area contributed by atoms with Gasteiger partial charge in [0, 0.05) is 31.9 Å². The van der Waals surface area contributed by atoms with Gasteiger partial charge in [-0.05, 0) is 36.6 Å². The van der Waals surface area contributed by atoms with Gasteiger partial charge in [-0.25, -0.2) is 0 Å². The zero-order chi connectivity index (χ0) is 14.5. The van der Waals surface area contributed by atoms with Gasteiger partial charge in [0.1, 0.15) is 0 Å². The minimum absolute atomic E-state index is 0.629. The lowest BCUT2D eigenvalue weighted by Crippen LogP contribution is -2.49. The molecule has 0 saturated carbocycles. The average Bonchev–Trinajstić information content (AvgIpc) is 2.49. The third-order valence-electron chi connectivity index (χ3n) is 4.14. The van der Waals surface area contributed by atoms with Crippen LogP contribution in [0.15, 0.2) is 54.9 Å². The van der Waals surface area contributed by atoms with E-state index in [9.17, 15) is 5.11 Å². The Hall–Kier alpha value is -1.71. The molecule has 21 heavy (non-hydrogen) atoms. The van der Waals surface area contributed by atoms with Crippen molar-refractivity contribution in [2.45, 2.75) is 31.4 Å². The molecule has 2 aromatic rings. The molecule has 3 rings (SSSR count). The van der Waals surface area contributed by atoms with Gasteiger partial charge in [0.2, 0.25) is 0 Å². The van der Waals surface area contributed by atoms with Crippen molar-refractivity contribution < 1.29 is 5.11 Å². The summed E-state index contributed by atoms with van der Waals surface area (Å²) >= 11 is 0. The van der Waals surface area contributed by atoms with Crippen molar-refractivity contribution in [3.05, 3.63) is 66.0 Å². The Morgan fingerprint density at radius 3 is 2.67 bits per heavy atom. The van der Waals surface area contributed by atoms with Crippen molar-refractivity contribution in [1.29, 1.82) is 0 Å². The number of β-amino-alcohol motifs (C(OH)–C–C–N with tert-alkyl or cyclic N) is 1. The van der Waals surface area contributed by atoms with Gasteiger partial charge >= 0.3 is 0 Å². The molecule has 1 fully saturated rings. The molecule has 0 aliphatic carbocycles. The summed E-state index contributed by atoms with van der Waals surface area (Å²) in [5, 5.41) is 10.9. The van der Waals surface area contributed by atoms with E-state index in [4.69, 9.17) is 0 Å². The molecule has 0 spiro atoms. The van der Waals surface area contributed by atoms with Crippen LogP contribution < -0.4 is 0 Å². The van der Waals surface area contributed by atoms with Crippen LogP contribution in [0.3, 0.4) is 0 Å².